The van der Waals surface area contributed by atoms with Crippen molar-refractivity contribution in [3.63, 3.8) is 0 Å². The fourth-order valence-electron chi connectivity index (χ4n) is 2.54. The summed E-state index contributed by atoms with van der Waals surface area (Å²) in [5.74, 6) is 0.760. The monoisotopic (exact) mass is 373 g/mol. The van der Waals surface area contributed by atoms with Crippen LogP contribution < -0.4 is 19.1 Å². The fourth-order valence-corrected chi connectivity index (χ4v) is 2.54. The molecule has 7 heteroatoms. The van der Waals surface area contributed by atoms with E-state index in [4.69, 9.17) is 19.3 Å². The Bertz CT molecular complexity index is 788. The Morgan fingerprint density at radius 1 is 1.00 bits per heavy atom. The van der Waals surface area contributed by atoms with Crippen LogP contribution in [-0.2, 0) is 16.0 Å². The van der Waals surface area contributed by atoms with Crippen LogP contribution >= 0.6 is 0 Å². The summed E-state index contributed by atoms with van der Waals surface area (Å²) in [5.41, 5.74) is 1.59. The number of carbonyl (C=O) groups excluding carboxylic acids is 1. The Hall–Kier alpha value is -3.22. The summed E-state index contributed by atoms with van der Waals surface area (Å²) in [4.78, 5) is 24.6. The molecule has 0 fully saturated rings. The Labute approximate surface area is 158 Å². The molecule has 0 aliphatic rings. The van der Waals surface area contributed by atoms with Gasteiger partial charge in [0.05, 0.1) is 14.2 Å². The van der Waals surface area contributed by atoms with E-state index in [1.54, 1.807) is 50.4 Å². The van der Waals surface area contributed by atoms with Crippen LogP contribution in [0, 0.1) is 0 Å². The molecule has 27 heavy (non-hydrogen) atoms. The number of carbonyl (C=O) groups is 2. The maximum Gasteiger partial charge on any atom is 0.341 e. The molecule has 144 valence electrons. The van der Waals surface area contributed by atoms with Gasteiger partial charge in [0.25, 0.3) is 0 Å². The molecule has 2 aromatic carbocycles. The van der Waals surface area contributed by atoms with Crippen molar-refractivity contribution in [1.29, 1.82) is 0 Å². The second-order valence-corrected chi connectivity index (χ2v) is 5.81. The van der Waals surface area contributed by atoms with Crippen LogP contribution in [0.5, 0.6) is 17.2 Å². The van der Waals surface area contributed by atoms with E-state index in [-0.39, 0.29) is 5.91 Å². The third-order valence-corrected chi connectivity index (χ3v) is 4.06. The Morgan fingerprint density at radius 2 is 1.67 bits per heavy atom. The summed E-state index contributed by atoms with van der Waals surface area (Å²) >= 11 is 0. The standard InChI is InChI=1S/C20H23NO6/c1-21(15-5-7-16(8-6-15)27-13-20(23)24)19(22)11-4-14-12-17(25-2)9-10-18(14)26-3/h5-10,12H,4,11,13H2,1-3H3,(H,23,24). The van der Waals surface area contributed by atoms with E-state index in [0.29, 0.717) is 35.8 Å². The molecule has 0 saturated heterocycles. The first-order valence-electron chi connectivity index (χ1n) is 8.36. The van der Waals surface area contributed by atoms with Crippen molar-refractivity contribution in [2.75, 3.05) is 32.8 Å². The number of anilines is 1. The maximum absolute atomic E-state index is 12.5. The van der Waals surface area contributed by atoms with Gasteiger partial charge in [-0.15, -0.1) is 0 Å². The average molecular weight is 373 g/mol. The number of amides is 1. The molecule has 0 aliphatic carbocycles. The molecule has 0 spiro atoms. The normalized spacial score (nSPS) is 10.2. The molecule has 2 aromatic rings. The molecule has 1 N–H and O–H groups in total. The Kier molecular flexibility index (Phi) is 7.05. The van der Waals surface area contributed by atoms with Gasteiger partial charge in [0.2, 0.25) is 5.91 Å². The highest BCUT2D eigenvalue weighted by Gasteiger charge is 2.13. The molecule has 0 saturated carbocycles. The number of aryl methyl sites for hydroxylation is 1. The number of nitrogens with zero attached hydrogens (tertiary/aromatic N) is 1. The maximum atomic E-state index is 12.5. The Balaban J connectivity index is 1.98. The lowest BCUT2D eigenvalue weighted by Gasteiger charge is -2.18. The zero-order valence-corrected chi connectivity index (χ0v) is 15.6. The average Bonchev–Trinajstić information content (AvgIpc) is 2.69. The van der Waals surface area contributed by atoms with Crippen molar-refractivity contribution in [2.24, 2.45) is 0 Å². The molecule has 1 amide bonds. The third kappa shape index (κ3) is 5.64. The number of hydrogen-bond donors (Lipinski definition) is 1. The predicted octanol–water partition coefficient (Wildman–Crippen LogP) is 2.76. The summed E-state index contributed by atoms with van der Waals surface area (Å²) in [5, 5.41) is 8.62. The van der Waals surface area contributed by atoms with Crippen molar-refractivity contribution >= 4 is 17.6 Å². The van der Waals surface area contributed by atoms with Gasteiger partial charge in [0.1, 0.15) is 17.2 Å². The molecular weight excluding hydrogens is 350 g/mol. The summed E-state index contributed by atoms with van der Waals surface area (Å²) in [6.45, 7) is -0.406. The van der Waals surface area contributed by atoms with Crippen molar-refractivity contribution in [3.8, 4) is 17.2 Å². The molecular formula is C20H23NO6. The van der Waals surface area contributed by atoms with E-state index in [9.17, 15) is 9.59 Å². The summed E-state index contributed by atoms with van der Waals surface area (Å²) < 4.78 is 15.6. The largest absolute Gasteiger partial charge is 0.497 e. The number of carboxylic acid groups (broad SMARTS) is 1. The van der Waals surface area contributed by atoms with Gasteiger partial charge in [-0.2, -0.15) is 0 Å². The number of ether oxygens (including phenoxy) is 3. The van der Waals surface area contributed by atoms with Gasteiger partial charge in [-0.05, 0) is 54.4 Å². The van der Waals surface area contributed by atoms with Crippen LogP contribution in [0.15, 0.2) is 42.5 Å². The number of rotatable bonds is 9. The first-order valence-corrected chi connectivity index (χ1v) is 8.36. The third-order valence-electron chi connectivity index (χ3n) is 4.06. The molecule has 2 rings (SSSR count). The molecule has 0 heterocycles. The van der Waals surface area contributed by atoms with Gasteiger partial charge in [-0.25, -0.2) is 4.79 Å². The zero-order chi connectivity index (χ0) is 19.8. The zero-order valence-electron chi connectivity index (χ0n) is 15.6. The highest BCUT2D eigenvalue weighted by atomic mass is 16.5. The smallest absolute Gasteiger partial charge is 0.341 e. The van der Waals surface area contributed by atoms with Crippen molar-refractivity contribution in [3.05, 3.63) is 48.0 Å². The van der Waals surface area contributed by atoms with Gasteiger partial charge in [-0.1, -0.05) is 0 Å². The van der Waals surface area contributed by atoms with Crippen molar-refractivity contribution in [1.82, 2.24) is 0 Å². The lowest BCUT2D eigenvalue weighted by atomic mass is 10.1. The van der Waals surface area contributed by atoms with Gasteiger partial charge < -0.3 is 24.2 Å². The first-order chi connectivity index (χ1) is 12.9. The summed E-state index contributed by atoms with van der Waals surface area (Å²) in [6, 6.07) is 12.2. The van der Waals surface area contributed by atoms with Crippen LogP contribution in [0.2, 0.25) is 0 Å². The minimum Gasteiger partial charge on any atom is -0.497 e. The first kappa shape index (κ1) is 20.1. The van der Waals surface area contributed by atoms with E-state index in [1.165, 1.54) is 0 Å². The minimum atomic E-state index is -1.04. The summed E-state index contributed by atoms with van der Waals surface area (Å²) in [6.07, 6.45) is 0.820. The van der Waals surface area contributed by atoms with Crippen molar-refractivity contribution in [2.45, 2.75) is 12.8 Å². The molecule has 7 nitrogen and oxygen atoms in total. The number of carboxylic acids is 1. The number of benzene rings is 2. The number of methoxy groups -OCH3 is 2. The molecule has 0 aromatic heterocycles. The fraction of sp³-hybridized carbons (Fsp3) is 0.300. The molecule has 0 atom stereocenters. The van der Waals surface area contributed by atoms with Crippen LogP contribution in [0.25, 0.3) is 0 Å². The van der Waals surface area contributed by atoms with Crippen LogP contribution in [0.1, 0.15) is 12.0 Å². The highest BCUT2D eigenvalue weighted by molar-refractivity contribution is 5.93. The molecule has 0 radical (unpaired) electrons. The van der Waals surface area contributed by atoms with Gasteiger partial charge in [0, 0.05) is 19.2 Å². The molecule has 0 bridgehead atoms. The SMILES string of the molecule is COc1ccc(OC)c(CCC(=O)N(C)c2ccc(OCC(=O)O)cc2)c1. The van der Waals surface area contributed by atoms with Crippen LogP contribution in [-0.4, -0.2) is 44.9 Å². The van der Waals surface area contributed by atoms with Gasteiger partial charge in [-0.3, -0.25) is 4.79 Å². The molecule has 0 aliphatic heterocycles. The predicted molar refractivity (Wildman–Crippen MR) is 101 cm³/mol. The van der Waals surface area contributed by atoms with E-state index in [2.05, 4.69) is 0 Å². The minimum absolute atomic E-state index is 0.0564. The lowest BCUT2D eigenvalue weighted by molar-refractivity contribution is -0.139. The second kappa shape index (κ2) is 9.47. The topological polar surface area (TPSA) is 85.3 Å². The Morgan fingerprint density at radius 3 is 2.26 bits per heavy atom. The lowest BCUT2D eigenvalue weighted by Crippen LogP contribution is -2.26. The van der Waals surface area contributed by atoms with Crippen LogP contribution in [0.4, 0.5) is 5.69 Å². The van der Waals surface area contributed by atoms with Crippen molar-refractivity contribution < 1.29 is 28.9 Å². The highest BCUT2D eigenvalue weighted by Crippen LogP contribution is 2.26. The van der Waals surface area contributed by atoms with Crippen LogP contribution in [0.3, 0.4) is 0 Å². The quantitative estimate of drug-likeness (QED) is 0.727. The second-order valence-electron chi connectivity index (χ2n) is 5.81. The van der Waals surface area contributed by atoms with E-state index in [1.807, 2.05) is 18.2 Å². The number of aliphatic carboxylic acids is 1. The number of hydrogen-bond acceptors (Lipinski definition) is 5. The van der Waals surface area contributed by atoms with Gasteiger partial charge in [0.15, 0.2) is 6.61 Å². The summed E-state index contributed by atoms with van der Waals surface area (Å²) in [7, 11) is 4.87. The van der Waals surface area contributed by atoms with Gasteiger partial charge >= 0.3 is 5.97 Å². The van der Waals surface area contributed by atoms with E-state index < -0.39 is 12.6 Å². The van der Waals surface area contributed by atoms with E-state index >= 15 is 0 Å². The van der Waals surface area contributed by atoms with E-state index in [0.717, 1.165) is 5.56 Å². The molecule has 0 unspecified atom stereocenters.